The zero-order valence-electron chi connectivity index (χ0n) is 8.59. The average molecular weight is 257 g/mol. The minimum absolute atomic E-state index is 0. The van der Waals surface area contributed by atoms with Crippen LogP contribution in [0, 0.1) is 0 Å². The van der Waals surface area contributed by atoms with E-state index in [0.29, 0.717) is 0 Å². The summed E-state index contributed by atoms with van der Waals surface area (Å²) >= 11 is 0. The molecule has 2 rings (SSSR count). The maximum absolute atomic E-state index is 5.81. The van der Waals surface area contributed by atoms with Gasteiger partial charge in [-0.05, 0) is 24.3 Å². The number of nitrogens with one attached hydrogen (secondary N) is 1. The van der Waals surface area contributed by atoms with Crippen molar-refractivity contribution < 1.29 is 0 Å². The van der Waals surface area contributed by atoms with Crippen molar-refractivity contribution in [3.63, 3.8) is 0 Å². The first-order valence-corrected chi connectivity index (χ1v) is 4.53. The average Bonchev–Trinajstić information content (AvgIpc) is 2.23. The summed E-state index contributed by atoms with van der Waals surface area (Å²) in [6.07, 6.45) is 0. The molecule has 0 radical (unpaired) electrons. The van der Waals surface area contributed by atoms with Gasteiger partial charge < -0.3 is 11.1 Å². The molecule has 4 heteroatoms. The molecule has 0 saturated heterocycles. The van der Waals surface area contributed by atoms with Crippen molar-refractivity contribution in [1.29, 1.82) is 0 Å². The molecule has 0 amide bonds. The predicted octanol–water partition coefficient (Wildman–Crippen LogP) is 3.86. The Bertz CT molecular complexity index is 418. The number of hydrogen-bond donors (Lipinski definition) is 2. The molecule has 2 nitrogen and oxygen atoms in total. The lowest BCUT2D eigenvalue weighted by molar-refractivity contribution is 1.55. The SMILES string of the molecule is Cl.Cl.Nc1ccccc1Nc1ccccc1. The Morgan fingerprint density at radius 2 is 1.31 bits per heavy atom. The van der Waals surface area contributed by atoms with E-state index in [1.54, 1.807) is 0 Å². The lowest BCUT2D eigenvalue weighted by Crippen LogP contribution is -1.94. The van der Waals surface area contributed by atoms with E-state index >= 15 is 0 Å². The summed E-state index contributed by atoms with van der Waals surface area (Å²) in [5, 5.41) is 3.25. The highest BCUT2D eigenvalue weighted by molar-refractivity contribution is 5.85. The van der Waals surface area contributed by atoms with Crippen LogP contribution in [0.1, 0.15) is 0 Å². The molecule has 0 spiro atoms. The molecule has 0 bridgehead atoms. The van der Waals surface area contributed by atoms with Gasteiger partial charge in [-0.15, -0.1) is 24.8 Å². The van der Waals surface area contributed by atoms with Crippen LogP contribution in [0.15, 0.2) is 54.6 Å². The fourth-order valence-corrected chi connectivity index (χ4v) is 1.29. The van der Waals surface area contributed by atoms with Crippen LogP contribution >= 0.6 is 24.8 Å². The number of hydrogen-bond acceptors (Lipinski definition) is 2. The molecule has 0 aliphatic carbocycles. The second kappa shape index (κ2) is 6.99. The predicted molar refractivity (Wildman–Crippen MR) is 75.1 cm³/mol. The van der Waals surface area contributed by atoms with E-state index in [2.05, 4.69) is 5.32 Å². The number of nitrogen functional groups attached to an aromatic ring is 1. The highest BCUT2D eigenvalue weighted by Crippen LogP contribution is 2.21. The number of halogens is 2. The summed E-state index contributed by atoms with van der Waals surface area (Å²) in [6, 6.07) is 17.7. The fraction of sp³-hybridized carbons (Fsp3) is 0. The van der Waals surface area contributed by atoms with Crippen LogP contribution < -0.4 is 11.1 Å². The Kier molecular flexibility index (Phi) is 6.38. The number of benzene rings is 2. The standard InChI is InChI=1S/C12H12N2.2ClH/c13-11-8-4-5-9-12(11)14-10-6-2-1-3-7-10;;/h1-9,14H,13H2;2*1H. The van der Waals surface area contributed by atoms with Crippen LogP contribution in [0.3, 0.4) is 0 Å². The van der Waals surface area contributed by atoms with Gasteiger partial charge >= 0.3 is 0 Å². The zero-order chi connectivity index (χ0) is 9.80. The van der Waals surface area contributed by atoms with E-state index in [4.69, 9.17) is 5.73 Å². The molecule has 0 aliphatic rings. The van der Waals surface area contributed by atoms with Crippen molar-refractivity contribution in [2.24, 2.45) is 0 Å². The monoisotopic (exact) mass is 256 g/mol. The second-order valence-electron chi connectivity index (χ2n) is 3.08. The minimum Gasteiger partial charge on any atom is -0.397 e. The first kappa shape index (κ1) is 14.6. The molecule has 0 atom stereocenters. The van der Waals surface area contributed by atoms with Gasteiger partial charge in [0.1, 0.15) is 0 Å². The lowest BCUT2D eigenvalue weighted by atomic mass is 10.2. The second-order valence-corrected chi connectivity index (χ2v) is 3.08. The highest BCUT2D eigenvalue weighted by atomic mass is 35.5. The van der Waals surface area contributed by atoms with E-state index in [1.165, 1.54) is 0 Å². The maximum Gasteiger partial charge on any atom is 0.0617 e. The summed E-state index contributed by atoms with van der Waals surface area (Å²) in [4.78, 5) is 0. The van der Waals surface area contributed by atoms with Crippen LogP contribution in [0.5, 0.6) is 0 Å². The molecule has 16 heavy (non-hydrogen) atoms. The summed E-state index contributed by atoms with van der Waals surface area (Å²) in [7, 11) is 0. The molecule has 0 saturated carbocycles. The van der Waals surface area contributed by atoms with E-state index < -0.39 is 0 Å². The maximum atomic E-state index is 5.81. The molecule has 86 valence electrons. The van der Waals surface area contributed by atoms with Crippen molar-refractivity contribution in [3.8, 4) is 0 Å². The molecule has 0 heterocycles. The number of anilines is 3. The molecule has 0 aromatic heterocycles. The van der Waals surface area contributed by atoms with Gasteiger partial charge in [0.25, 0.3) is 0 Å². The fourth-order valence-electron chi connectivity index (χ4n) is 1.29. The van der Waals surface area contributed by atoms with Crippen molar-refractivity contribution in [1.82, 2.24) is 0 Å². The third-order valence-electron chi connectivity index (χ3n) is 2.01. The van der Waals surface area contributed by atoms with Gasteiger partial charge in [-0.1, -0.05) is 30.3 Å². The topological polar surface area (TPSA) is 38.0 Å². The summed E-state index contributed by atoms with van der Waals surface area (Å²) in [6.45, 7) is 0. The Morgan fingerprint density at radius 3 is 1.94 bits per heavy atom. The lowest BCUT2D eigenvalue weighted by Gasteiger charge is -2.08. The van der Waals surface area contributed by atoms with Crippen molar-refractivity contribution in [2.75, 3.05) is 11.1 Å². The minimum atomic E-state index is 0. The van der Waals surface area contributed by atoms with Gasteiger partial charge in [0, 0.05) is 5.69 Å². The van der Waals surface area contributed by atoms with Gasteiger partial charge in [-0.2, -0.15) is 0 Å². The molecular formula is C12H14Cl2N2. The van der Waals surface area contributed by atoms with E-state index in [1.807, 2.05) is 54.6 Å². The number of nitrogens with two attached hydrogens (primary N) is 1. The largest absolute Gasteiger partial charge is 0.397 e. The van der Waals surface area contributed by atoms with Gasteiger partial charge in [0.15, 0.2) is 0 Å². The molecular weight excluding hydrogens is 243 g/mol. The summed E-state index contributed by atoms with van der Waals surface area (Å²) < 4.78 is 0. The summed E-state index contributed by atoms with van der Waals surface area (Å²) in [5.74, 6) is 0. The molecule has 0 fully saturated rings. The smallest absolute Gasteiger partial charge is 0.0617 e. The van der Waals surface area contributed by atoms with Gasteiger partial charge in [0.05, 0.1) is 11.4 Å². The highest BCUT2D eigenvalue weighted by Gasteiger charge is 1.96. The number of rotatable bonds is 2. The molecule has 0 aliphatic heterocycles. The van der Waals surface area contributed by atoms with Crippen molar-refractivity contribution >= 4 is 41.9 Å². The van der Waals surface area contributed by atoms with E-state index in [0.717, 1.165) is 17.1 Å². The third-order valence-corrected chi connectivity index (χ3v) is 2.01. The molecule has 0 unspecified atom stereocenters. The van der Waals surface area contributed by atoms with Gasteiger partial charge in [0.2, 0.25) is 0 Å². The number of para-hydroxylation sites is 3. The van der Waals surface area contributed by atoms with Crippen LogP contribution in [-0.4, -0.2) is 0 Å². The van der Waals surface area contributed by atoms with Gasteiger partial charge in [-0.25, -0.2) is 0 Å². The van der Waals surface area contributed by atoms with Crippen LogP contribution in [0.25, 0.3) is 0 Å². The Labute approximate surface area is 108 Å². The van der Waals surface area contributed by atoms with E-state index in [9.17, 15) is 0 Å². The van der Waals surface area contributed by atoms with Crippen molar-refractivity contribution in [3.05, 3.63) is 54.6 Å². The Hall–Kier alpha value is -1.38. The molecule has 3 N–H and O–H groups in total. The van der Waals surface area contributed by atoms with Crippen molar-refractivity contribution in [2.45, 2.75) is 0 Å². The molecule has 2 aromatic carbocycles. The first-order valence-electron chi connectivity index (χ1n) is 4.53. The quantitative estimate of drug-likeness (QED) is 0.802. The normalized spacial score (nSPS) is 8.50. The van der Waals surface area contributed by atoms with Crippen LogP contribution in [0.2, 0.25) is 0 Å². The van der Waals surface area contributed by atoms with Gasteiger partial charge in [-0.3, -0.25) is 0 Å². The van der Waals surface area contributed by atoms with Crippen LogP contribution in [-0.2, 0) is 0 Å². The Morgan fingerprint density at radius 1 is 0.750 bits per heavy atom. The zero-order valence-corrected chi connectivity index (χ0v) is 10.2. The first-order chi connectivity index (χ1) is 6.86. The van der Waals surface area contributed by atoms with E-state index in [-0.39, 0.29) is 24.8 Å². The van der Waals surface area contributed by atoms with Crippen LogP contribution in [0.4, 0.5) is 17.1 Å². The summed E-state index contributed by atoms with van der Waals surface area (Å²) in [5.41, 5.74) is 8.56. The molecule has 2 aromatic rings. The Balaban J connectivity index is 0.00000112. The third kappa shape index (κ3) is 3.65.